The second-order valence-corrected chi connectivity index (χ2v) is 7.94. The number of piperidine rings is 1. The lowest BCUT2D eigenvalue weighted by molar-refractivity contribution is -0.179. The first-order valence-corrected chi connectivity index (χ1v) is 9.78. The summed E-state index contributed by atoms with van der Waals surface area (Å²) in [6.45, 7) is 3.78. The van der Waals surface area contributed by atoms with Gasteiger partial charge in [-0.15, -0.1) is 0 Å². The van der Waals surface area contributed by atoms with Gasteiger partial charge in [-0.25, -0.2) is 0 Å². The molecular weight excluding hydrogens is 330 g/mol. The van der Waals surface area contributed by atoms with Crippen molar-refractivity contribution in [2.24, 2.45) is 17.6 Å². The van der Waals surface area contributed by atoms with E-state index in [1.165, 1.54) is 12.8 Å². The number of aromatic nitrogens is 1. The van der Waals surface area contributed by atoms with Crippen molar-refractivity contribution in [2.75, 3.05) is 33.4 Å². The molecule has 1 aromatic heterocycles. The molecule has 0 aromatic carbocycles. The summed E-state index contributed by atoms with van der Waals surface area (Å²) in [4.78, 5) is 18.4. The van der Waals surface area contributed by atoms with Gasteiger partial charge in [0.05, 0.1) is 6.61 Å². The zero-order chi connectivity index (χ0) is 18.1. The van der Waals surface area contributed by atoms with Crippen LogP contribution in [0.5, 0.6) is 0 Å². The Morgan fingerprint density at radius 3 is 2.69 bits per heavy atom. The van der Waals surface area contributed by atoms with Gasteiger partial charge in [0.15, 0.2) is 0 Å². The van der Waals surface area contributed by atoms with Gasteiger partial charge in [0.2, 0.25) is 0 Å². The fraction of sp³-hybridized carbons (Fsp3) is 0.700. The van der Waals surface area contributed by atoms with Gasteiger partial charge in [-0.3, -0.25) is 14.7 Å². The van der Waals surface area contributed by atoms with Crippen LogP contribution in [0.4, 0.5) is 0 Å². The quantitative estimate of drug-likeness (QED) is 0.889. The molecule has 3 aliphatic rings. The maximum atomic E-state index is 11.6. The number of nitrogens with zero attached hydrogens (tertiary/aromatic N) is 2. The van der Waals surface area contributed by atoms with Gasteiger partial charge in [0.25, 0.3) is 5.91 Å². The summed E-state index contributed by atoms with van der Waals surface area (Å²) < 4.78 is 12.0. The summed E-state index contributed by atoms with van der Waals surface area (Å²) in [6.07, 6.45) is 7.58. The standard InChI is InChI=1S/C20H29N3O3/c1-25-20(14-7-8-22-18(10-14)19(21)24)15-4-2-5-16(20)12-23(11-15)17-6-3-9-26-13-17/h7-8,10,15-17H,2-6,9,11-13H2,1H3,(H2,21,24)/t15-,16+,17-,20-/m1/s1. The van der Waals surface area contributed by atoms with Crippen LogP contribution in [0.15, 0.2) is 18.3 Å². The average molecular weight is 359 g/mol. The molecular formula is C20H29N3O3. The minimum atomic E-state index is -0.486. The van der Waals surface area contributed by atoms with Crippen molar-refractivity contribution in [3.05, 3.63) is 29.6 Å². The van der Waals surface area contributed by atoms with Crippen molar-refractivity contribution in [3.63, 3.8) is 0 Å². The summed E-state index contributed by atoms with van der Waals surface area (Å²) >= 11 is 0. The highest BCUT2D eigenvalue weighted by atomic mass is 16.5. The third-order valence-corrected chi connectivity index (χ3v) is 6.68. The number of carbonyl (C=O) groups is 1. The Bertz CT molecular complexity index is 645. The van der Waals surface area contributed by atoms with Crippen LogP contribution in [0, 0.1) is 11.8 Å². The molecule has 0 spiro atoms. The third kappa shape index (κ3) is 2.94. The Morgan fingerprint density at radius 1 is 1.31 bits per heavy atom. The number of likely N-dealkylation sites (tertiary alicyclic amines) is 1. The van der Waals surface area contributed by atoms with Crippen LogP contribution in [-0.4, -0.2) is 55.2 Å². The molecule has 1 saturated carbocycles. The van der Waals surface area contributed by atoms with E-state index in [0.717, 1.165) is 51.1 Å². The van der Waals surface area contributed by atoms with Gasteiger partial charge >= 0.3 is 0 Å². The average Bonchev–Trinajstić information content (AvgIpc) is 2.67. The van der Waals surface area contributed by atoms with Crippen LogP contribution in [0.2, 0.25) is 0 Å². The van der Waals surface area contributed by atoms with E-state index in [4.69, 9.17) is 15.2 Å². The Labute approximate surface area is 155 Å². The molecule has 142 valence electrons. The summed E-state index contributed by atoms with van der Waals surface area (Å²) in [6, 6.07) is 4.37. The number of pyridine rings is 1. The smallest absolute Gasteiger partial charge is 0.267 e. The zero-order valence-electron chi connectivity index (χ0n) is 15.5. The second-order valence-electron chi connectivity index (χ2n) is 7.94. The molecule has 1 aromatic rings. The van der Waals surface area contributed by atoms with Crippen molar-refractivity contribution < 1.29 is 14.3 Å². The molecule has 1 aliphatic carbocycles. The van der Waals surface area contributed by atoms with Crippen LogP contribution < -0.4 is 5.73 Å². The second kappa shape index (κ2) is 7.25. The molecule has 2 bridgehead atoms. The van der Waals surface area contributed by atoms with E-state index in [-0.39, 0.29) is 5.60 Å². The van der Waals surface area contributed by atoms with Gasteiger partial charge in [0.1, 0.15) is 11.3 Å². The van der Waals surface area contributed by atoms with Crippen molar-refractivity contribution >= 4 is 5.91 Å². The topological polar surface area (TPSA) is 77.7 Å². The summed E-state index contributed by atoms with van der Waals surface area (Å²) in [5, 5.41) is 0. The molecule has 4 atom stereocenters. The molecule has 2 aliphatic heterocycles. The minimum absolute atomic E-state index is 0.320. The zero-order valence-corrected chi connectivity index (χ0v) is 15.5. The van der Waals surface area contributed by atoms with Crippen molar-refractivity contribution in [1.29, 1.82) is 0 Å². The Kier molecular flexibility index (Phi) is 4.99. The monoisotopic (exact) mass is 359 g/mol. The molecule has 3 heterocycles. The number of primary amides is 1. The molecule has 4 rings (SSSR count). The van der Waals surface area contributed by atoms with E-state index in [1.54, 1.807) is 6.20 Å². The third-order valence-electron chi connectivity index (χ3n) is 6.68. The summed E-state index contributed by atoms with van der Waals surface area (Å²) in [5.74, 6) is 0.329. The first-order valence-electron chi connectivity index (χ1n) is 9.78. The van der Waals surface area contributed by atoms with Crippen LogP contribution in [-0.2, 0) is 15.1 Å². The van der Waals surface area contributed by atoms with E-state index in [9.17, 15) is 4.79 Å². The van der Waals surface area contributed by atoms with Gasteiger partial charge in [0, 0.05) is 50.9 Å². The largest absolute Gasteiger partial charge is 0.380 e. The van der Waals surface area contributed by atoms with E-state index < -0.39 is 5.91 Å². The number of rotatable bonds is 4. The lowest BCUT2D eigenvalue weighted by Crippen LogP contribution is -2.61. The van der Waals surface area contributed by atoms with Crippen LogP contribution in [0.1, 0.15) is 48.2 Å². The highest BCUT2D eigenvalue weighted by Crippen LogP contribution is 2.52. The van der Waals surface area contributed by atoms with Crippen molar-refractivity contribution in [1.82, 2.24) is 9.88 Å². The predicted octanol–water partition coefficient (Wildman–Crippen LogP) is 1.93. The first-order chi connectivity index (χ1) is 12.6. The molecule has 6 heteroatoms. The van der Waals surface area contributed by atoms with Gasteiger partial charge in [-0.2, -0.15) is 0 Å². The molecule has 3 fully saturated rings. The van der Waals surface area contributed by atoms with E-state index in [1.807, 2.05) is 19.2 Å². The summed E-state index contributed by atoms with van der Waals surface area (Å²) in [5.41, 5.74) is 6.49. The first kappa shape index (κ1) is 17.9. The number of carbonyl (C=O) groups excluding carboxylic acids is 1. The number of ether oxygens (including phenoxy) is 2. The highest BCUT2D eigenvalue weighted by molar-refractivity contribution is 5.90. The number of hydrogen-bond donors (Lipinski definition) is 1. The van der Waals surface area contributed by atoms with Crippen molar-refractivity contribution in [3.8, 4) is 0 Å². The highest BCUT2D eigenvalue weighted by Gasteiger charge is 2.54. The fourth-order valence-corrected chi connectivity index (χ4v) is 5.51. The van der Waals surface area contributed by atoms with E-state index in [0.29, 0.717) is 23.6 Å². The number of hydrogen-bond acceptors (Lipinski definition) is 5. The van der Waals surface area contributed by atoms with Gasteiger partial charge in [-0.05, 0) is 43.4 Å². The van der Waals surface area contributed by atoms with Crippen LogP contribution >= 0.6 is 0 Å². The normalized spacial score (nSPS) is 35.2. The lowest BCUT2D eigenvalue weighted by Gasteiger charge is -2.57. The fourth-order valence-electron chi connectivity index (χ4n) is 5.51. The molecule has 0 unspecified atom stereocenters. The molecule has 0 radical (unpaired) electrons. The van der Waals surface area contributed by atoms with Crippen LogP contribution in [0.3, 0.4) is 0 Å². The van der Waals surface area contributed by atoms with E-state index >= 15 is 0 Å². The predicted molar refractivity (Wildman–Crippen MR) is 97.7 cm³/mol. The molecule has 2 N–H and O–H groups in total. The molecule has 2 saturated heterocycles. The number of nitrogens with two attached hydrogens (primary N) is 1. The lowest BCUT2D eigenvalue weighted by atomic mass is 9.62. The Hall–Kier alpha value is -1.50. The maximum Gasteiger partial charge on any atom is 0.267 e. The Balaban J connectivity index is 1.66. The number of amides is 1. The summed E-state index contributed by atoms with van der Waals surface area (Å²) in [7, 11) is 1.81. The Morgan fingerprint density at radius 2 is 2.08 bits per heavy atom. The maximum absolute atomic E-state index is 11.6. The van der Waals surface area contributed by atoms with Crippen molar-refractivity contribution in [2.45, 2.75) is 43.7 Å². The number of fused-ring (bicyclic) bond motifs is 2. The number of methoxy groups -OCH3 is 1. The molecule has 26 heavy (non-hydrogen) atoms. The van der Waals surface area contributed by atoms with Crippen LogP contribution in [0.25, 0.3) is 0 Å². The molecule has 6 nitrogen and oxygen atoms in total. The van der Waals surface area contributed by atoms with E-state index in [2.05, 4.69) is 9.88 Å². The van der Waals surface area contributed by atoms with Gasteiger partial charge < -0.3 is 15.2 Å². The molecule has 1 amide bonds. The minimum Gasteiger partial charge on any atom is -0.380 e. The SMILES string of the molecule is CO[C@]1(c2ccnc(C(N)=O)c2)[C@@H]2CCC[C@H]1CN([C@@H]1CCCOC1)C2. The van der Waals surface area contributed by atoms with Gasteiger partial charge in [-0.1, -0.05) is 6.42 Å².